The van der Waals surface area contributed by atoms with Gasteiger partial charge >= 0.3 is 6.18 Å². The van der Waals surface area contributed by atoms with Crippen LogP contribution in [0.15, 0.2) is 30.5 Å². The molecule has 1 amide bonds. The number of alkyl halides is 3. The molecule has 1 aliphatic heterocycles. The molecule has 1 atom stereocenters. The number of carbonyl (C=O) groups excluding carboxylic acids is 1. The highest BCUT2D eigenvalue weighted by atomic mass is 35.5. The second-order valence-electron chi connectivity index (χ2n) is 5.59. The van der Waals surface area contributed by atoms with E-state index >= 15 is 0 Å². The third kappa shape index (κ3) is 3.77. The highest BCUT2D eigenvalue weighted by Gasteiger charge is 2.34. The number of benzene rings is 1. The average Bonchev–Trinajstić information content (AvgIpc) is 3.22. The summed E-state index contributed by atoms with van der Waals surface area (Å²) in [5, 5.41) is 7.43. The van der Waals surface area contributed by atoms with Crippen LogP contribution >= 0.6 is 12.4 Å². The van der Waals surface area contributed by atoms with Crippen LogP contribution in [0.4, 0.5) is 13.2 Å². The molecule has 3 rings (SSSR count). The number of aromatic nitrogens is 3. The van der Waals surface area contributed by atoms with Crippen LogP contribution in [-0.4, -0.2) is 44.9 Å². The van der Waals surface area contributed by atoms with Gasteiger partial charge in [-0.15, -0.1) is 17.5 Å². The molecule has 6 nitrogen and oxygen atoms in total. The van der Waals surface area contributed by atoms with Crippen LogP contribution < -0.4 is 5.73 Å². The summed E-state index contributed by atoms with van der Waals surface area (Å²) < 4.78 is 40.3. The summed E-state index contributed by atoms with van der Waals surface area (Å²) in [5.41, 5.74) is 4.64. The van der Waals surface area contributed by atoms with Gasteiger partial charge in [-0.1, -0.05) is 17.3 Å². The lowest BCUT2D eigenvalue weighted by Gasteiger charge is -2.22. The summed E-state index contributed by atoms with van der Waals surface area (Å²) in [7, 11) is 0. The van der Waals surface area contributed by atoms with Gasteiger partial charge in [0.25, 0.3) is 5.91 Å². The molecule has 1 aliphatic rings. The van der Waals surface area contributed by atoms with E-state index in [4.69, 9.17) is 5.73 Å². The number of amides is 1. The number of carbonyl (C=O) groups is 1. The van der Waals surface area contributed by atoms with E-state index in [2.05, 4.69) is 10.3 Å². The zero-order valence-corrected chi connectivity index (χ0v) is 13.9. The van der Waals surface area contributed by atoms with E-state index in [-0.39, 0.29) is 35.7 Å². The Morgan fingerprint density at radius 3 is 2.72 bits per heavy atom. The fourth-order valence-corrected chi connectivity index (χ4v) is 2.89. The second kappa shape index (κ2) is 7.40. The molecule has 1 aromatic heterocycles. The Morgan fingerprint density at radius 2 is 2.04 bits per heavy atom. The van der Waals surface area contributed by atoms with E-state index < -0.39 is 11.7 Å². The molecule has 136 valence electrons. The molecule has 0 aliphatic carbocycles. The number of para-hydroxylation sites is 1. The van der Waals surface area contributed by atoms with Crippen LogP contribution in [0.1, 0.15) is 28.9 Å². The highest BCUT2D eigenvalue weighted by molar-refractivity contribution is 5.92. The fraction of sp³-hybridized carbons (Fsp3) is 0.400. The maximum Gasteiger partial charge on any atom is 0.418 e. The molecule has 25 heavy (non-hydrogen) atoms. The number of rotatable bonds is 3. The Balaban J connectivity index is 0.00000225. The minimum Gasteiger partial charge on any atom is -0.333 e. The topological polar surface area (TPSA) is 77.0 Å². The summed E-state index contributed by atoms with van der Waals surface area (Å²) in [4.78, 5) is 14.1. The molecule has 2 heterocycles. The van der Waals surface area contributed by atoms with E-state index in [1.807, 2.05) is 0 Å². The fourth-order valence-electron chi connectivity index (χ4n) is 2.89. The van der Waals surface area contributed by atoms with Crippen LogP contribution in [-0.2, 0) is 6.18 Å². The van der Waals surface area contributed by atoms with Gasteiger partial charge in [0.1, 0.15) is 0 Å². The van der Waals surface area contributed by atoms with Gasteiger partial charge in [-0.2, -0.15) is 13.2 Å². The Bertz CT molecular complexity index is 749. The van der Waals surface area contributed by atoms with Gasteiger partial charge in [-0.25, -0.2) is 4.68 Å². The summed E-state index contributed by atoms with van der Waals surface area (Å²) in [6.45, 7) is 0.906. The van der Waals surface area contributed by atoms with Crippen LogP contribution in [0.3, 0.4) is 0 Å². The Hall–Kier alpha value is -2.13. The normalized spacial score (nSPS) is 17.4. The zero-order chi connectivity index (χ0) is 17.3. The van der Waals surface area contributed by atoms with E-state index in [0.29, 0.717) is 13.1 Å². The van der Waals surface area contributed by atoms with E-state index in [9.17, 15) is 18.0 Å². The van der Waals surface area contributed by atoms with Crippen LogP contribution in [0, 0.1) is 0 Å². The Morgan fingerprint density at radius 1 is 1.32 bits per heavy atom. The largest absolute Gasteiger partial charge is 0.418 e. The number of nitrogens with two attached hydrogens (primary N) is 1. The molecule has 2 aromatic rings. The first-order valence-electron chi connectivity index (χ1n) is 7.52. The Kier molecular flexibility index (Phi) is 5.69. The number of halogens is 4. The molecule has 1 fully saturated rings. The predicted octanol–water partition coefficient (Wildman–Crippen LogP) is 2.27. The lowest BCUT2D eigenvalue weighted by molar-refractivity contribution is -0.137. The smallest absolute Gasteiger partial charge is 0.333 e. The van der Waals surface area contributed by atoms with Crippen molar-refractivity contribution in [1.82, 2.24) is 19.9 Å². The number of likely N-dealkylation sites (tertiary alicyclic amines) is 1. The summed E-state index contributed by atoms with van der Waals surface area (Å²) in [6.07, 6.45) is -1.64. The third-order valence-corrected chi connectivity index (χ3v) is 4.08. The molecule has 1 saturated heterocycles. The molecule has 0 bridgehead atoms. The van der Waals surface area contributed by atoms with E-state index in [1.165, 1.54) is 24.4 Å². The molecule has 1 aromatic carbocycles. The van der Waals surface area contributed by atoms with Gasteiger partial charge in [-0.05, 0) is 25.0 Å². The zero-order valence-electron chi connectivity index (χ0n) is 13.1. The molecule has 0 saturated carbocycles. The van der Waals surface area contributed by atoms with Crippen molar-refractivity contribution in [3.8, 4) is 5.69 Å². The monoisotopic (exact) mass is 375 g/mol. The second-order valence-corrected chi connectivity index (χ2v) is 5.59. The van der Waals surface area contributed by atoms with Gasteiger partial charge in [0.05, 0.1) is 17.4 Å². The lowest BCUT2D eigenvalue weighted by Crippen LogP contribution is -2.40. The van der Waals surface area contributed by atoms with Crippen molar-refractivity contribution in [2.45, 2.75) is 25.1 Å². The quantitative estimate of drug-likeness (QED) is 0.892. The van der Waals surface area contributed by atoms with Crippen LogP contribution in [0.2, 0.25) is 0 Å². The Labute approximate surface area is 148 Å². The van der Waals surface area contributed by atoms with Gasteiger partial charge in [0, 0.05) is 19.1 Å². The maximum absolute atomic E-state index is 13.1. The molecular weight excluding hydrogens is 359 g/mol. The van der Waals surface area contributed by atoms with E-state index in [0.717, 1.165) is 23.6 Å². The summed E-state index contributed by atoms with van der Waals surface area (Å²) >= 11 is 0. The van der Waals surface area contributed by atoms with Crippen LogP contribution in [0.5, 0.6) is 0 Å². The first-order valence-corrected chi connectivity index (χ1v) is 7.52. The number of hydrogen-bond donors (Lipinski definition) is 1. The van der Waals surface area contributed by atoms with Crippen molar-refractivity contribution in [1.29, 1.82) is 0 Å². The minimum atomic E-state index is -4.52. The summed E-state index contributed by atoms with van der Waals surface area (Å²) in [5.74, 6) is -0.362. The van der Waals surface area contributed by atoms with Crippen molar-refractivity contribution in [3.63, 3.8) is 0 Å². The average molecular weight is 376 g/mol. The molecule has 0 spiro atoms. The number of hydrogen-bond acceptors (Lipinski definition) is 4. The van der Waals surface area contributed by atoms with Gasteiger partial charge < -0.3 is 10.6 Å². The molecule has 10 heteroatoms. The first-order chi connectivity index (χ1) is 11.4. The third-order valence-electron chi connectivity index (χ3n) is 4.08. The maximum atomic E-state index is 13.1. The van der Waals surface area contributed by atoms with Crippen molar-refractivity contribution in [2.24, 2.45) is 5.73 Å². The van der Waals surface area contributed by atoms with Gasteiger partial charge in [-0.3, -0.25) is 4.79 Å². The SMILES string of the molecule is Cl.NCC1CCCN1C(=O)c1cn(-c2ccccc2C(F)(F)F)nn1. The molecule has 2 N–H and O–H groups in total. The summed E-state index contributed by atoms with van der Waals surface area (Å²) in [6, 6.07) is 4.95. The van der Waals surface area contributed by atoms with Gasteiger partial charge in [0.15, 0.2) is 5.69 Å². The van der Waals surface area contributed by atoms with Crippen LogP contribution in [0.25, 0.3) is 5.69 Å². The van der Waals surface area contributed by atoms with E-state index in [1.54, 1.807) is 4.90 Å². The van der Waals surface area contributed by atoms with Crippen molar-refractivity contribution in [2.75, 3.05) is 13.1 Å². The van der Waals surface area contributed by atoms with Crippen molar-refractivity contribution >= 4 is 18.3 Å². The number of nitrogens with zero attached hydrogens (tertiary/aromatic N) is 4. The highest BCUT2D eigenvalue weighted by Crippen LogP contribution is 2.33. The lowest BCUT2D eigenvalue weighted by atomic mass is 10.1. The minimum absolute atomic E-state index is 0. The van der Waals surface area contributed by atoms with Crippen molar-refractivity contribution in [3.05, 3.63) is 41.7 Å². The standard InChI is InChI=1S/C15H16F3N5O.ClH/c16-15(17,18)11-5-1-2-6-13(11)23-9-12(20-21-23)14(24)22-7-3-4-10(22)8-19;/h1-2,5-6,9-10H,3-4,7-8,19H2;1H. The van der Waals surface area contributed by atoms with Gasteiger partial charge in [0.2, 0.25) is 0 Å². The molecule has 1 unspecified atom stereocenters. The molecular formula is C15H17ClF3N5O. The van der Waals surface area contributed by atoms with Crippen molar-refractivity contribution < 1.29 is 18.0 Å². The molecule has 0 radical (unpaired) electrons. The predicted molar refractivity (Wildman–Crippen MR) is 86.7 cm³/mol. The first kappa shape index (κ1) is 19.2.